The summed E-state index contributed by atoms with van der Waals surface area (Å²) in [6.07, 6.45) is -3.34. The molecule has 86 valence electrons. The van der Waals surface area contributed by atoms with E-state index in [1.807, 2.05) is 0 Å². The quantitative estimate of drug-likeness (QED) is 0.790. The predicted octanol–water partition coefficient (Wildman–Crippen LogP) is 2.80. The normalized spacial score (nSPS) is 19.1. The van der Waals surface area contributed by atoms with Crippen LogP contribution in [0.2, 0.25) is 0 Å². The second-order valence-corrected chi connectivity index (χ2v) is 3.78. The highest BCUT2D eigenvalue weighted by molar-refractivity contribution is 5.62. The Morgan fingerprint density at radius 2 is 2.19 bits per heavy atom. The van der Waals surface area contributed by atoms with Crippen molar-refractivity contribution in [3.63, 3.8) is 0 Å². The van der Waals surface area contributed by atoms with Gasteiger partial charge in [-0.2, -0.15) is 13.2 Å². The van der Waals surface area contributed by atoms with Crippen molar-refractivity contribution in [1.29, 1.82) is 0 Å². The van der Waals surface area contributed by atoms with Gasteiger partial charge in [-0.25, -0.2) is 0 Å². The highest BCUT2D eigenvalue weighted by Gasteiger charge is 2.33. The molecule has 1 N–H and O–H groups in total. The molecule has 2 nitrogen and oxygen atoms in total. The van der Waals surface area contributed by atoms with Gasteiger partial charge in [-0.1, -0.05) is 0 Å². The number of carbonyl (C=O) groups is 1. The highest BCUT2D eigenvalue weighted by Crippen LogP contribution is 2.38. The first-order chi connectivity index (χ1) is 7.52. The Hall–Kier alpha value is -1.52. The summed E-state index contributed by atoms with van der Waals surface area (Å²) in [5.74, 6) is -0.144. The molecule has 0 amide bonds. The number of carbonyl (C=O) groups excluding carboxylic acids is 1. The van der Waals surface area contributed by atoms with E-state index in [0.717, 1.165) is 18.4 Å². The molecule has 0 aromatic heterocycles. The zero-order valence-electron chi connectivity index (χ0n) is 8.34. The molecule has 5 heteroatoms. The van der Waals surface area contributed by atoms with Gasteiger partial charge in [0, 0.05) is 24.6 Å². The van der Waals surface area contributed by atoms with E-state index in [9.17, 15) is 18.0 Å². The van der Waals surface area contributed by atoms with Crippen LogP contribution < -0.4 is 5.32 Å². The number of alkyl halides is 3. The van der Waals surface area contributed by atoms with E-state index in [1.165, 1.54) is 6.07 Å². The summed E-state index contributed by atoms with van der Waals surface area (Å²) in [5.41, 5.74) is 0.618. The molecule has 2 rings (SSSR count). The standard InChI is InChI=1S/C11H10F3NO/c12-11(13,14)8-1-2-10-9(5-8)7(3-4-16)6-15-10/h1-2,4-5,7,15H,3,6H2. The van der Waals surface area contributed by atoms with Gasteiger partial charge in [-0.15, -0.1) is 0 Å². The van der Waals surface area contributed by atoms with Crippen molar-refractivity contribution in [3.05, 3.63) is 29.3 Å². The molecule has 1 atom stereocenters. The number of halogens is 3. The van der Waals surface area contributed by atoms with Crippen molar-refractivity contribution >= 4 is 12.0 Å². The van der Waals surface area contributed by atoms with Gasteiger partial charge < -0.3 is 10.1 Å². The summed E-state index contributed by atoms with van der Waals surface area (Å²) in [4.78, 5) is 10.4. The zero-order valence-corrected chi connectivity index (χ0v) is 8.34. The van der Waals surface area contributed by atoms with Crippen LogP contribution in [0.4, 0.5) is 18.9 Å². The number of fused-ring (bicyclic) bond motifs is 1. The summed E-state index contributed by atoms with van der Waals surface area (Å²) in [7, 11) is 0. The lowest BCUT2D eigenvalue weighted by molar-refractivity contribution is -0.137. The zero-order chi connectivity index (χ0) is 11.8. The van der Waals surface area contributed by atoms with Crippen molar-refractivity contribution in [2.45, 2.75) is 18.5 Å². The number of nitrogens with one attached hydrogen (secondary N) is 1. The third kappa shape index (κ3) is 1.89. The van der Waals surface area contributed by atoms with Gasteiger partial charge in [0.25, 0.3) is 0 Å². The van der Waals surface area contributed by atoms with Crippen LogP contribution >= 0.6 is 0 Å². The van der Waals surface area contributed by atoms with E-state index < -0.39 is 11.7 Å². The number of hydrogen-bond acceptors (Lipinski definition) is 2. The smallest absolute Gasteiger partial charge is 0.384 e. The average Bonchev–Trinajstić information content (AvgIpc) is 2.60. The van der Waals surface area contributed by atoms with Crippen LogP contribution in [0, 0.1) is 0 Å². The molecule has 0 spiro atoms. The summed E-state index contributed by atoms with van der Waals surface area (Å²) >= 11 is 0. The maximum atomic E-state index is 12.5. The predicted molar refractivity (Wildman–Crippen MR) is 53.4 cm³/mol. The molecule has 1 aromatic carbocycles. The van der Waals surface area contributed by atoms with E-state index in [4.69, 9.17) is 0 Å². The Morgan fingerprint density at radius 1 is 1.44 bits per heavy atom. The molecule has 1 aliphatic rings. The van der Waals surface area contributed by atoms with Crippen LogP contribution in [-0.2, 0) is 11.0 Å². The minimum absolute atomic E-state index is 0.144. The average molecular weight is 229 g/mol. The maximum Gasteiger partial charge on any atom is 0.416 e. The third-order valence-corrected chi connectivity index (χ3v) is 2.74. The molecule has 1 aromatic rings. The molecule has 0 fully saturated rings. The first-order valence-corrected chi connectivity index (χ1v) is 4.91. The molecule has 0 saturated heterocycles. The van der Waals surface area contributed by atoms with Crippen LogP contribution in [0.15, 0.2) is 18.2 Å². The number of rotatable bonds is 2. The fraction of sp³-hybridized carbons (Fsp3) is 0.364. The van der Waals surface area contributed by atoms with E-state index in [2.05, 4.69) is 5.32 Å². The molecular weight excluding hydrogens is 219 g/mol. The van der Waals surface area contributed by atoms with Crippen molar-refractivity contribution < 1.29 is 18.0 Å². The monoisotopic (exact) mass is 229 g/mol. The lowest BCUT2D eigenvalue weighted by Crippen LogP contribution is -2.06. The first-order valence-electron chi connectivity index (χ1n) is 4.91. The van der Waals surface area contributed by atoms with Crippen LogP contribution in [0.1, 0.15) is 23.5 Å². The van der Waals surface area contributed by atoms with Gasteiger partial charge in [-0.05, 0) is 23.8 Å². The Morgan fingerprint density at radius 3 is 2.81 bits per heavy atom. The summed E-state index contributed by atoms with van der Waals surface area (Å²) in [5, 5.41) is 2.99. The van der Waals surface area contributed by atoms with Crippen molar-refractivity contribution in [2.75, 3.05) is 11.9 Å². The first kappa shape index (κ1) is 11.0. The molecule has 0 bridgehead atoms. The van der Waals surface area contributed by atoms with Crippen LogP contribution in [0.25, 0.3) is 0 Å². The molecule has 0 aliphatic carbocycles. The van der Waals surface area contributed by atoms with Gasteiger partial charge in [0.2, 0.25) is 0 Å². The van der Waals surface area contributed by atoms with E-state index in [1.54, 1.807) is 0 Å². The van der Waals surface area contributed by atoms with Crippen LogP contribution in [0.3, 0.4) is 0 Å². The minimum Gasteiger partial charge on any atom is -0.384 e. The number of benzene rings is 1. The third-order valence-electron chi connectivity index (χ3n) is 2.74. The fourth-order valence-electron chi connectivity index (χ4n) is 1.91. The molecule has 0 radical (unpaired) electrons. The topological polar surface area (TPSA) is 29.1 Å². The van der Waals surface area contributed by atoms with Gasteiger partial charge >= 0.3 is 6.18 Å². The van der Waals surface area contributed by atoms with E-state index in [0.29, 0.717) is 17.8 Å². The van der Waals surface area contributed by atoms with E-state index >= 15 is 0 Å². The number of aldehydes is 1. The Kier molecular flexibility index (Phi) is 2.61. The lowest BCUT2D eigenvalue weighted by atomic mass is 9.97. The largest absolute Gasteiger partial charge is 0.416 e. The lowest BCUT2D eigenvalue weighted by Gasteiger charge is -2.10. The van der Waals surface area contributed by atoms with Crippen molar-refractivity contribution in [3.8, 4) is 0 Å². The second kappa shape index (κ2) is 3.81. The Labute approximate surface area is 90.5 Å². The number of anilines is 1. The minimum atomic E-state index is -4.33. The van der Waals surface area contributed by atoms with E-state index in [-0.39, 0.29) is 12.3 Å². The molecule has 1 aliphatic heterocycles. The fourth-order valence-corrected chi connectivity index (χ4v) is 1.91. The van der Waals surface area contributed by atoms with Crippen molar-refractivity contribution in [2.24, 2.45) is 0 Å². The van der Waals surface area contributed by atoms with Gasteiger partial charge in [0.05, 0.1) is 5.56 Å². The second-order valence-electron chi connectivity index (χ2n) is 3.78. The maximum absolute atomic E-state index is 12.5. The molecule has 1 unspecified atom stereocenters. The van der Waals surface area contributed by atoms with Gasteiger partial charge in [0.15, 0.2) is 0 Å². The summed E-state index contributed by atoms with van der Waals surface area (Å²) < 4.78 is 37.4. The Bertz CT molecular complexity index is 414. The molecule has 16 heavy (non-hydrogen) atoms. The molecular formula is C11H10F3NO. The SMILES string of the molecule is O=CCC1CNc2ccc(C(F)(F)F)cc21. The van der Waals surface area contributed by atoms with Gasteiger partial charge in [-0.3, -0.25) is 0 Å². The van der Waals surface area contributed by atoms with Crippen molar-refractivity contribution in [1.82, 2.24) is 0 Å². The van der Waals surface area contributed by atoms with Gasteiger partial charge in [0.1, 0.15) is 6.29 Å². The Balaban J connectivity index is 2.37. The molecule has 0 saturated carbocycles. The summed E-state index contributed by atoms with van der Waals surface area (Å²) in [6, 6.07) is 3.60. The van der Waals surface area contributed by atoms with Crippen LogP contribution in [0.5, 0.6) is 0 Å². The highest BCUT2D eigenvalue weighted by atomic mass is 19.4. The van der Waals surface area contributed by atoms with Crippen LogP contribution in [-0.4, -0.2) is 12.8 Å². The number of hydrogen-bond donors (Lipinski definition) is 1. The summed E-state index contributed by atoms with van der Waals surface area (Å²) in [6.45, 7) is 0.523. The molecule has 1 heterocycles.